The van der Waals surface area contributed by atoms with E-state index in [0.717, 1.165) is 70.8 Å². The second-order valence-electron chi connectivity index (χ2n) is 9.32. The molecular weight excluding hydrogens is 448 g/mol. The van der Waals surface area contributed by atoms with Crippen molar-refractivity contribution in [1.29, 1.82) is 0 Å². The minimum atomic E-state index is -0.393. The van der Waals surface area contributed by atoms with Crippen LogP contribution in [0.3, 0.4) is 0 Å². The van der Waals surface area contributed by atoms with Crippen molar-refractivity contribution in [3.05, 3.63) is 95.3 Å². The summed E-state index contributed by atoms with van der Waals surface area (Å²) >= 11 is 0. The molecule has 184 valence electrons. The quantitative estimate of drug-likeness (QED) is 0.270. The molecule has 5 heteroatoms. The molecule has 0 unspecified atom stereocenters. The fraction of sp³-hybridized carbons (Fsp3) is 0.258. The Balaban J connectivity index is 1.59. The van der Waals surface area contributed by atoms with Crippen LogP contribution in [0, 0.1) is 6.92 Å². The molecule has 2 heterocycles. The predicted octanol–water partition coefficient (Wildman–Crippen LogP) is 6.74. The standard InChI is InChI=1S/C31H32N2O3/c1-3-4-6-11-26-30(25-15-13-24(14-16-25)23-9-7-5-8-10-23)29(31(32)34)21(2)33(26)19-22-12-17-27-28(18-22)36-20-35-27/h5,7-10,12-18H,3-4,6,11,19-20H2,1-2H3,(H2,32,34). The van der Waals surface area contributed by atoms with E-state index in [1.54, 1.807) is 0 Å². The third kappa shape index (κ3) is 4.61. The number of benzene rings is 3. The highest BCUT2D eigenvalue weighted by Gasteiger charge is 2.25. The summed E-state index contributed by atoms with van der Waals surface area (Å²) in [7, 11) is 0. The lowest BCUT2D eigenvalue weighted by atomic mass is 9.95. The first-order valence-electron chi connectivity index (χ1n) is 12.6. The third-order valence-electron chi connectivity index (χ3n) is 6.95. The molecule has 5 rings (SSSR count). The van der Waals surface area contributed by atoms with E-state index in [4.69, 9.17) is 15.2 Å². The number of hydrogen-bond donors (Lipinski definition) is 1. The lowest BCUT2D eigenvalue weighted by Crippen LogP contribution is -2.13. The summed E-state index contributed by atoms with van der Waals surface area (Å²) in [6.45, 7) is 5.08. The van der Waals surface area contributed by atoms with Crippen molar-refractivity contribution in [2.24, 2.45) is 5.73 Å². The first kappa shape index (κ1) is 23.7. The Kier molecular flexibility index (Phi) is 6.81. The van der Waals surface area contributed by atoms with Crippen LogP contribution in [0.2, 0.25) is 0 Å². The van der Waals surface area contributed by atoms with Gasteiger partial charge in [-0.05, 0) is 54.2 Å². The van der Waals surface area contributed by atoms with Crippen molar-refractivity contribution >= 4 is 5.91 Å². The number of nitrogens with two attached hydrogens (primary N) is 1. The van der Waals surface area contributed by atoms with Crippen molar-refractivity contribution in [1.82, 2.24) is 4.57 Å². The van der Waals surface area contributed by atoms with Gasteiger partial charge in [-0.2, -0.15) is 0 Å². The van der Waals surface area contributed by atoms with Gasteiger partial charge in [0.25, 0.3) is 5.91 Å². The number of aromatic nitrogens is 1. The third-order valence-corrected chi connectivity index (χ3v) is 6.95. The summed E-state index contributed by atoms with van der Waals surface area (Å²) in [5.74, 6) is 1.13. The Morgan fingerprint density at radius 3 is 2.31 bits per heavy atom. The molecule has 1 aliphatic heterocycles. The number of ether oxygens (including phenoxy) is 2. The molecule has 4 aromatic rings. The molecule has 5 nitrogen and oxygen atoms in total. The number of rotatable bonds is 9. The maximum absolute atomic E-state index is 12.8. The Bertz CT molecular complexity index is 1370. The number of carbonyl (C=O) groups excluding carboxylic acids is 1. The second-order valence-corrected chi connectivity index (χ2v) is 9.32. The molecule has 1 aromatic heterocycles. The van der Waals surface area contributed by atoms with Crippen molar-refractivity contribution in [2.75, 3.05) is 6.79 Å². The Morgan fingerprint density at radius 1 is 0.889 bits per heavy atom. The zero-order valence-electron chi connectivity index (χ0n) is 20.9. The molecule has 0 aliphatic carbocycles. The van der Waals surface area contributed by atoms with Gasteiger partial charge >= 0.3 is 0 Å². The van der Waals surface area contributed by atoms with Crippen LogP contribution >= 0.6 is 0 Å². The van der Waals surface area contributed by atoms with Gasteiger partial charge in [-0.3, -0.25) is 4.79 Å². The van der Waals surface area contributed by atoms with Crippen LogP contribution in [0.15, 0.2) is 72.8 Å². The normalized spacial score (nSPS) is 12.2. The van der Waals surface area contributed by atoms with Crippen molar-refractivity contribution < 1.29 is 14.3 Å². The van der Waals surface area contributed by atoms with E-state index in [1.807, 2.05) is 37.3 Å². The maximum Gasteiger partial charge on any atom is 0.251 e. The average molecular weight is 481 g/mol. The SMILES string of the molecule is CCCCCc1c(-c2ccc(-c3ccccc3)cc2)c(C(N)=O)c(C)n1Cc1ccc2c(c1)OCO2. The van der Waals surface area contributed by atoms with Crippen LogP contribution in [-0.4, -0.2) is 17.3 Å². The van der Waals surface area contributed by atoms with Crippen LogP contribution in [0.5, 0.6) is 11.5 Å². The van der Waals surface area contributed by atoms with Gasteiger partial charge in [-0.15, -0.1) is 0 Å². The molecule has 0 spiro atoms. The van der Waals surface area contributed by atoms with Gasteiger partial charge in [-0.1, -0.05) is 80.4 Å². The fourth-order valence-electron chi connectivity index (χ4n) is 5.11. The van der Waals surface area contributed by atoms with Crippen LogP contribution in [-0.2, 0) is 13.0 Å². The predicted molar refractivity (Wildman–Crippen MR) is 143 cm³/mol. The highest BCUT2D eigenvalue weighted by atomic mass is 16.7. The number of carbonyl (C=O) groups is 1. The van der Waals surface area contributed by atoms with Gasteiger partial charge in [0.05, 0.1) is 5.56 Å². The van der Waals surface area contributed by atoms with E-state index in [9.17, 15) is 4.79 Å². The van der Waals surface area contributed by atoms with E-state index >= 15 is 0 Å². The topological polar surface area (TPSA) is 66.5 Å². The smallest absolute Gasteiger partial charge is 0.251 e. The van der Waals surface area contributed by atoms with Gasteiger partial charge in [-0.25, -0.2) is 0 Å². The number of primary amides is 1. The summed E-state index contributed by atoms with van der Waals surface area (Å²) in [5, 5.41) is 0. The number of hydrogen-bond acceptors (Lipinski definition) is 3. The van der Waals surface area contributed by atoms with E-state index in [0.29, 0.717) is 12.1 Å². The highest BCUT2D eigenvalue weighted by Crippen LogP contribution is 2.37. The molecule has 0 fully saturated rings. The van der Waals surface area contributed by atoms with Gasteiger partial charge in [0.1, 0.15) is 0 Å². The van der Waals surface area contributed by atoms with Gasteiger partial charge in [0.15, 0.2) is 11.5 Å². The van der Waals surface area contributed by atoms with E-state index in [2.05, 4.69) is 54.0 Å². The Labute approximate surface area is 212 Å². The molecule has 0 radical (unpaired) electrons. The van der Waals surface area contributed by atoms with Gasteiger partial charge in [0.2, 0.25) is 6.79 Å². The molecule has 2 N–H and O–H groups in total. The minimum absolute atomic E-state index is 0.249. The monoisotopic (exact) mass is 480 g/mol. The molecule has 0 saturated carbocycles. The van der Waals surface area contributed by atoms with Gasteiger partial charge < -0.3 is 19.8 Å². The Morgan fingerprint density at radius 2 is 1.58 bits per heavy atom. The number of unbranched alkanes of at least 4 members (excludes halogenated alkanes) is 2. The van der Waals surface area contributed by atoms with E-state index < -0.39 is 5.91 Å². The molecule has 0 bridgehead atoms. The summed E-state index contributed by atoms with van der Waals surface area (Å²) in [4.78, 5) is 12.8. The van der Waals surface area contributed by atoms with E-state index in [1.165, 1.54) is 5.56 Å². The molecule has 1 amide bonds. The summed E-state index contributed by atoms with van der Waals surface area (Å²) in [5.41, 5.74) is 14.0. The minimum Gasteiger partial charge on any atom is -0.454 e. The van der Waals surface area contributed by atoms with Crippen molar-refractivity contribution in [3.63, 3.8) is 0 Å². The summed E-state index contributed by atoms with van der Waals surface area (Å²) in [6.07, 6.45) is 4.19. The molecular formula is C31H32N2O3. The van der Waals surface area contributed by atoms with Crippen LogP contribution in [0.25, 0.3) is 22.3 Å². The maximum atomic E-state index is 12.8. The fourth-order valence-corrected chi connectivity index (χ4v) is 5.11. The largest absolute Gasteiger partial charge is 0.454 e. The number of nitrogens with zero attached hydrogens (tertiary/aromatic N) is 1. The van der Waals surface area contributed by atoms with Crippen molar-refractivity contribution in [3.8, 4) is 33.8 Å². The molecule has 0 atom stereocenters. The Hall–Kier alpha value is -3.99. The molecule has 1 aliphatic rings. The zero-order chi connectivity index (χ0) is 25.1. The highest BCUT2D eigenvalue weighted by molar-refractivity contribution is 6.02. The lowest BCUT2D eigenvalue weighted by molar-refractivity contribution is 0.1000. The van der Waals surface area contributed by atoms with E-state index in [-0.39, 0.29) is 6.79 Å². The average Bonchev–Trinajstić information content (AvgIpc) is 3.47. The number of amides is 1. The second kappa shape index (κ2) is 10.3. The number of fused-ring (bicyclic) bond motifs is 1. The molecule has 36 heavy (non-hydrogen) atoms. The van der Waals surface area contributed by atoms with Crippen molar-refractivity contribution in [2.45, 2.75) is 46.1 Å². The van der Waals surface area contributed by atoms with Gasteiger partial charge in [0, 0.05) is 23.5 Å². The van der Waals surface area contributed by atoms with Crippen LogP contribution in [0.1, 0.15) is 53.5 Å². The first-order valence-corrected chi connectivity index (χ1v) is 12.6. The molecule has 0 saturated heterocycles. The van der Waals surface area contributed by atoms with Crippen LogP contribution < -0.4 is 15.2 Å². The summed E-state index contributed by atoms with van der Waals surface area (Å²) < 4.78 is 13.3. The molecule has 3 aromatic carbocycles. The lowest BCUT2D eigenvalue weighted by Gasteiger charge is -2.14. The first-order chi connectivity index (χ1) is 17.6. The summed E-state index contributed by atoms with van der Waals surface area (Å²) in [6, 6.07) is 24.8. The van der Waals surface area contributed by atoms with Crippen LogP contribution in [0.4, 0.5) is 0 Å². The zero-order valence-corrected chi connectivity index (χ0v) is 20.9.